The third kappa shape index (κ3) is 4.84. The summed E-state index contributed by atoms with van der Waals surface area (Å²) in [6, 6.07) is 7.06. The van der Waals surface area contributed by atoms with Crippen molar-refractivity contribution in [1.29, 1.82) is 0 Å². The summed E-state index contributed by atoms with van der Waals surface area (Å²) in [5, 5.41) is 9.25. The molecule has 1 heterocycles. The van der Waals surface area contributed by atoms with E-state index < -0.39 is 0 Å². The van der Waals surface area contributed by atoms with Crippen molar-refractivity contribution in [3.8, 4) is 5.75 Å². The van der Waals surface area contributed by atoms with Crippen molar-refractivity contribution in [3.63, 3.8) is 0 Å². The first kappa shape index (κ1) is 18.0. The second kappa shape index (κ2) is 7.08. The molecule has 1 aromatic rings. The summed E-state index contributed by atoms with van der Waals surface area (Å²) >= 11 is 0. The minimum Gasteiger partial charge on any atom is -0.508 e. The molecule has 0 spiro atoms. The van der Waals surface area contributed by atoms with Crippen LogP contribution >= 0.6 is 0 Å². The summed E-state index contributed by atoms with van der Waals surface area (Å²) in [4.78, 5) is 0. The highest BCUT2D eigenvalue weighted by Gasteiger charge is 2.49. The van der Waals surface area contributed by atoms with Crippen molar-refractivity contribution in [3.05, 3.63) is 41.9 Å². The van der Waals surface area contributed by atoms with Crippen LogP contribution in [0.25, 0.3) is 0 Å². The summed E-state index contributed by atoms with van der Waals surface area (Å²) in [7, 11) is -0.302. The number of benzene rings is 1. The quantitative estimate of drug-likeness (QED) is 0.809. The van der Waals surface area contributed by atoms with Crippen LogP contribution in [0.5, 0.6) is 5.75 Å². The number of hydrogen-bond acceptors (Lipinski definition) is 4. The van der Waals surface area contributed by atoms with Gasteiger partial charge < -0.3 is 19.2 Å². The first-order chi connectivity index (χ1) is 10.7. The number of phenolic OH excluding ortho intramolecular Hbond substituents is 1. The van der Waals surface area contributed by atoms with Gasteiger partial charge in [0.2, 0.25) is 0 Å². The molecular formula is C18H27BO4. The first-order valence-electron chi connectivity index (χ1n) is 8.11. The number of ether oxygens (including phenoxy) is 1. The number of hydrogen-bond donors (Lipinski definition) is 1. The normalized spacial score (nSPS) is 21.0. The van der Waals surface area contributed by atoms with E-state index in [0.717, 1.165) is 12.0 Å². The Kier molecular flexibility index (Phi) is 5.55. The second-order valence-electron chi connectivity index (χ2n) is 7.08. The van der Waals surface area contributed by atoms with E-state index in [0.29, 0.717) is 6.61 Å². The van der Waals surface area contributed by atoms with Crippen LogP contribution in [0, 0.1) is 0 Å². The molecule has 23 heavy (non-hydrogen) atoms. The van der Waals surface area contributed by atoms with Gasteiger partial charge in [0, 0.05) is 0 Å². The van der Waals surface area contributed by atoms with E-state index in [9.17, 15) is 5.11 Å². The van der Waals surface area contributed by atoms with Gasteiger partial charge in [0.05, 0.1) is 23.9 Å². The van der Waals surface area contributed by atoms with Gasteiger partial charge in [0.25, 0.3) is 0 Å². The molecule has 5 heteroatoms. The van der Waals surface area contributed by atoms with Crippen molar-refractivity contribution < 1.29 is 19.2 Å². The third-order valence-electron chi connectivity index (χ3n) is 4.50. The lowest BCUT2D eigenvalue weighted by Gasteiger charge is -2.32. The number of aromatic hydroxyl groups is 1. The molecular weight excluding hydrogens is 291 g/mol. The molecule has 2 rings (SSSR count). The van der Waals surface area contributed by atoms with E-state index in [1.807, 2.05) is 58.8 Å². The van der Waals surface area contributed by atoms with E-state index in [2.05, 4.69) is 0 Å². The van der Waals surface area contributed by atoms with Gasteiger partial charge >= 0.3 is 7.12 Å². The maximum atomic E-state index is 9.25. The fourth-order valence-corrected chi connectivity index (χ4v) is 2.25. The zero-order valence-corrected chi connectivity index (χ0v) is 14.7. The molecule has 0 bridgehead atoms. The number of rotatable bonds is 6. The molecule has 1 fully saturated rings. The van der Waals surface area contributed by atoms with Crippen molar-refractivity contribution in [2.45, 2.75) is 65.0 Å². The first-order valence-corrected chi connectivity index (χ1v) is 8.11. The van der Waals surface area contributed by atoms with Gasteiger partial charge in [0.15, 0.2) is 0 Å². The largest absolute Gasteiger partial charge is 0.508 e. The van der Waals surface area contributed by atoms with Crippen LogP contribution in [-0.2, 0) is 20.7 Å². The van der Waals surface area contributed by atoms with Crippen LogP contribution in [-0.4, -0.2) is 29.5 Å². The van der Waals surface area contributed by atoms with Gasteiger partial charge in [0.1, 0.15) is 5.75 Å². The summed E-state index contributed by atoms with van der Waals surface area (Å²) in [6.45, 7) is 10.8. The average molecular weight is 318 g/mol. The Labute approximate surface area is 139 Å². The molecule has 1 saturated heterocycles. The summed E-state index contributed by atoms with van der Waals surface area (Å²) in [5.41, 5.74) is 0.441. The summed E-state index contributed by atoms with van der Waals surface area (Å²) in [5.74, 6) is 2.23. The Bertz CT molecular complexity index is 520. The summed E-state index contributed by atoms with van der Waals surface area (Å²) < 4.78 is 17.6. The van der Waals surface area contributed by atoms with Gasteiger partial charge in [-0.05, 0) is 58.7 Å². The topological polar surface area (TPSA) is 47.9 Å². The van der Waals surface area contributed by atoms with Gasteiger partial charge in [-0.25, -0.2) is 0 Å². The van der Waals surface area contributed by atoms with Crippen LogP contribution in [0.1, 0.15) is 46.6 Å². The standard InChI is InChI=1S/C18H27BO4/c1-14(21-13-15-8-10-16(20)11-9-15)7-6-12-19-22-17(2,3)18(4,5)23-19/h6,8-12,14,20H,7,13H2,1-5H3/b12-6+/t14-/m1/s1. The molecule has 1 aromatic carbocycles. The molecule has 0 saturated carbocycles. The molecule has 0 radical (unpaired) electrons. The van der Waals surface area contributed by atoms with Crippen LogP contribution in [0.4, 0.5) is 0 Å². The second-order valence-corrected chi connectivity index (χ2v) is 7.08. The Morgan fingerprint density at radius 2 is 1.70 bits per heavy atom. The lowest BCUT2D eigenvalue weighted by molar-refractivity contribution is 0.00578. The fraction of sp³-hybridized carbons (Fsp3) is 0.556. The molecule has 1 atom stereocenters. The van der Waals surface area contributed by atoms with Crippen molar-refractivity contribution in [1.82, 2.24) is 0 Å². The Balaban J connectivity index is 1.74. The zero-order chi connectivity index (χ0) is 17.1. The van der Waals surface area contributed by atoms with Gasteiger partial charge in [-0.3, -0.25) is 0 Å². The predicted molar refractivity (Wildman–Crippen MR) is 92.2 cm³/mol. The zero-order valence-electron chi connectivity index (χ0n) is 14.7. The molecule has 0 aliphatic carbocycles. The predicted octanol–water partition coefficient (Wildman–Crippen LogP) is 3.88. The van der Waals surface area contributed by atoms with Crippen molar-refractivity contribution in [2.24, 2.45) is 0 Å². The van der Waals surface area contributed by atoms with E-state index in [4.69, 9.17) is 14.0 Å². The lowest BCUT2D eigenvalue weighted by atomic mass is 9.89. The molecule has 0 unspecified atom stereocenters. The maximum Gasteiger partial charge on any atom is 0.486 e. The smallest absolute Gasteiger partial charge is 0.486 e. The fourth-order valence-electron chi connectivity index (χ4n) is 2.25. The van der Waals surface area contributed by atoms with E-state index in [-0.39, 0.29) is 30.2 Å². The highest BCUT2D eigenvalue weighted by molar-refractivity contribution is 6.51. The monoisotopic (exact) mass is 318 g/mol. The molecule has 1 aliphatic heterocycles. The Morgan fingerprint density at radius 1 is 1.13 bits per heavy atom. The van der Waals surface area contributed by atoms with E-state index >= 15 is 0 Å². The van der Waals surface area contributed by atoms with E-state index in [1.54, 1.807) is 12.1 Å². The summed E-state index contributed by atoms with van der Waals surface area (Å²) in [6.07, 6.45) is 2.94. The Morgan fingerprint density at radius 3 is 2.26 bits per heavy atom. The van der Waals surface area contributed by atoms with E-state index in [1.165, 1.54) is 0 Å². The molecule has 1 N–H and O–H groups in total. The highest BCUT2D eigenvalue weighted by Crippen LogP contribution is 2.36. The van der Waals surface area contributed by atoms with Crippen molar-refractivity contribution in [2.75, 3.05) is 0 Å². The van der Waals surface area contributed by atoms with Crippen LogP contribution in [0.2, 0.25) is 0 Å². The molecule has 4 nitrogen and oxygen atoms in total. The van der Waals surface area contributed by atoms with Crippen LogP contribution < -0.4 is 0 Å². The molecule has 126 valence electrons. The minimum atomic E-state index is -0.303. The lowest BCUT2D eigenvalue weighted by Crippen LogP contribution is -2.41. The van der Waals surface area contributed by atoms with Crippen LogP contribution in [0.3, 0.4) is 0 Å². The highest BCUT2D eigenvalue weighted by atomic mass is 16.7. The number of phenols is 1. The average Bonchev–Trinajstić information content (AvgIpc) is 2.66. The van der Waals surface area contributed by atoms with Crippen molar-refractivity contribution >= 4 is 7.12 Å². The van der Waals surface area contributed by atoms with Crippen LogP contribution in [0.15, 0.2) is 36.3 Å². The van der Waals surface area contributed by atoms with Gasteiger partial charge in [-0.1, -0.05) is 24.2 Å². The SMILES string of the molecule is C[C@H](C/C=C/B1OC(C)(C)C(C)(C)O1)OCc1ccc(O)cc1. The Hall–Kier alpha value is -1.30. The maximum absolute atomic E-state index is 9.25. The molecule has 0 amide bonds. The minimum absolute atomic E-state index is 0.0995. The van der Waals surface area contributed by atoms with Gasteiger partial charge in [-0.15, -0.1) is 0 Å². The third-order valence-corrected chi connectivity index (χ3v) is 4.50. The molecule has 0 aromatic heterocycles. The molecule has 1 aliphatic rings. The van der Waals surface area contributed by atoms with Gasteiger partial charge in [-0.2, -0.15) is 0 Å².